The second-order valence-corrected chi connectivity index (χ2v) is 1.07. The normalized spacial score (nSPS) is 14.5. The van der Waals surface area contributed by atoms with E-state index in [2.05, 4.69) is 0 Å². The van der Waals surface area contributed by atoms with Gasteiger partial charge in [0, 0.05) is 0 Å². The van der Waals surface area contributed by atoms with Gasteiger partial charge < -0.3 is 10.2 Å². The van der Waals surface area contributed by atoms with Crippen LogP contribution in [0.15, 0.2) is 0 Å². The Hall–Kier alpha value is -0.740. The van der Waals surface area contributed by atoms with Crippen LogP contribution in [0.2, 0.25) is 0 Å². The quantitative estimate of drug-likeness (QED) is 0.427. The maximum atomic E-state index is 10.1. The van der Waals surface area contributed by atoms with Gasteiger partial charge in [0.15, 0.2) is 0 Å². The fourth-order valence-electron chi connectivity index (χ4n) is 0.150. The van der Waals surface area contributed by atoms with Crippen molar-refractivity contribution in [3.63, 3.8) is 0 Å². The van der Waals surface area contributed by atoms with Crippen LogP contribution in [0, 0.1) is 0 Å². The Morgan fingerprint density at radius 3 is 2.00 bits per heavy atom. The van der Waals surface area contributed by atoms with E-state index < -0.39 is 24.8 Å². The summed E-state index contributed by atoms with van der Waals surface area (Å²) in [4.78, 5) is 20.2. The molecule has 0 amide bonds. The van der Waals surface area contributed by atoms with Gasteiger partial charge in [-0.3, -0.25) is 9.59 Å². The number of ketones is 2. The van der Waals surface area contributed by atoms with Crippen LogP contribution in [0.5, 0.6) is 0 Å². The summed E-state index contributed by atoms with van der Waals surface area (Å²) < 4.78 is 6.29. The molecule has 0 fully saturated rings. The number of rotatable bonds is 3. The van der Waals surface area contributed by atoms with E-state index in [4.69, 9.17) is 11.6 Å². The highest BCUT2D eigenvalue weighted by Gasteiger charge is 2.08. The van der Waals surface area contributed by atoms with Crippen LogP contribution in [-0.2, 0) is 9.59 Å². The van der Waals surface area contributed by atoms with Crippen molar-refractivity contribution in [1.82, 2.24) is 0 Å². The molecular formula is C4H6O4. The zero-order valence-electron chi connectivity index (χ0n) is 5.00. The van der Waals surface area contributed by atoms with E-state index in [0.717, 1.165) is 0 Å². The van der Waals surface area contributed by atoms with Crippen molar-refractivity contribution in [1.29, 1.82) is 0 Å². The Labute approximate surface area is 47.2 Å². The first-order valence-corrected chi connectivity index (χ1v) is 1.87. The molecular weight excluding hydrogens is 112 g/mol. The summed E-state index contributed by atoms with van der Waals surface area (Å²) in [6.07, 6.45) is 0. The fourth-order valence-corrected chi connectivity index (χ4v) is 0.150. The topological polar surface area (TPSA) is 74.6 Å². The van der Waals surface area contributed by atoms with Crippen LogP contribution in [0.25, 0.3) is 0 Å². The highest BCUT2D eigenvalue weighted by atomic mass is 16.3. The van der Waals surface area contributed by atoms with Gasteiger partial charge in [-0.25, -0.2) is 0 Å². The van der Waals surface area contributed by atoms with Crippen LogP contribution in [-0.4, -0.2) is 35.0 Å². The second-order valence-electron chi connectivity index (χ2n) is 1.07. The lowest BCUT2D eigenvalue weighted by molar-refractivity contribution is -0.139. The smallest absolute Gasteiger partial charge is 0.226 e. The molecule has 0 saturated carbocycles. The Morgan fingerprint density at radius 1 is 1.38 bits per heavy atom. The molecule has 0 radical (unpaired) electrons. The lowest BCUT2D eigenvalue weighted by Gasteiger charge is -1.86. The SMILES string of the molecule is [3H]C(O)C(=O)C(=O)CO. The van der Waals surface area contributed by atoms with E-state index in [-0.39, 0.29) is 0 Å². The molecule has 0 aromatic heterocycles. The predicted molar refractivity (Wildman–Crippen MR) is 24.2 cm³/mol. The molecule has 0 bridgehead atoms. The maximum absolute atomic E-state index is 10.1. The fraction of sp³-hybridized carbons (Fsp3) is 0.500. The first kappa shape index (κ1) is 5.40. The van der Waals surface area contributed by atoms with Crippen molar-refractivity contribution in [3.8, 4) is 0 Å². The summed E-state index contributed by atoms with van der Waals surface area (Å²) >= 11 is 0. The molecule has 0 spiro atoms. The monoisotopic (exact) mass is 120 g/mol. The van der Waals surface area contributed by atoms with Crippen LogP contribution >= 0.6 is 0 Å². The number of aliphatic hydroxyl groups is 2. The molecule has 0 heterocycles. The highest BCUT2D eigenvalue weighted by molar-refractivity contribution is 6.38. The van der Waals surface area contributed by atoms with Crippen molar-refractivity contribution in [2.45, 2.75) is 0 Å². The summed E-state index contributed by atoms with van der Waals surface area (Å²) in [5, 5.41) is 16.1. The molecule has 1 unspecified atom stereocenters. The number of hydrogen-bond donors (Lipinski definition) is 2. The van der Waals surface area contributed by atoms with E-state index in [1.54, 1.807) is 0 Å². The van der Waals surface area contributed by atoms with Gasteiger partial charge in [-0.2, -0.15) is 0 Å². The second kappa shape index (κ2) is 3.29. The third-order valence-corrected chi connectivity index (χ3v) is 0.536. The van der Waals surface area contributed by atoms with Crippen molar-refractivity contribution >= 4 is 11.6 Å². The molecule has 2 N–H and O–H groups in total. The predicted octanol–water partition coefficient (Wildman–Crippen LogP) is -1.89. The minimum Gasteiger partial charge on any atom is -0.388 e. The summed E-state index contributed by atoms with van der Waals surface area (Å²) in [5.74, 6) is -2.42. The Bertz CT molecular complexity index is 131. The molecule has 0 rings (SSSR count). The number of carbonyl (C=O) groups is 2. The largest absolute Gasteiger partial charge is 0.388 e. The van der Waals surface area contributed by atoms with Gasteiger partial charge in [-0.1, -0.05) is 0 Å². The molecule has 0 aromatic carbocycles. The van der Waals surface area contributed by atoms with Gasteiger partial charge in [0.2, 0.25) is 11.6 Å². The third kappa shape index (κ3) is 1.81. The first-order valence-electron chi connectivity index (χ1n) is 2.45. The van der Waals surface area contributed by atoms with Gasteiger partial charge in [-0.05, 0) is 0 Å². The first-order chi connectivity index (χ1) is 4.09. The minimum absolute atomic E-state index is 0.950. The number of aliphatic hydroxyl groups excluding tert-OH is 2. The van der Waals surface area contributed by atoms with E-state index in [9.17, 15) is 9.59 Å². The third-order valence-electron chi connectivity index (χ3n) is 0.536. The van der Waals surface area contributed by atoms with Crippen molar-refractivity contribution < 1.29 is 21.2 Å². The van der Waals surface area contributed by atoms with E-state index >= 15 is 0 Å². The minimum atomic E-state index is -2.05. The molecule has 0 aliphatic rings. The van der Waals surface area contributed by atoms with Gasteiger partial charge in [0.05, 0.1) is 1.37 Å². The standard InChI is InChI=1S/C4H6O4/c5-1-3(7)4(8)2-6/h5-6H,1-2H2/i1T. The average molecular weight is 120 g/mol. The highest BCUT2D eigenvalue weighted by Crippen LogP contribution is 1.71. The zero-order chi connectivity index (χ0) is 7.44. The molecule has 1 atom stereocenters. The number of Topliss-reactive ketones (excluding diaryl/α,β-unsaturated/α-hetero) is 2. The molecule has 46 valence electrons. The average Bonchev–Trinajstić information content (AvgIpc) is 1.84. The molecule has 0 aromatic rings. The van der Waals surface area contributed by atoms with E-state index in [0.29, 0.717) is 0 Å². The molecule has 0 aliphatic carbocycles. The van der Waals surface area contributed by atoms with Crippen molar-refractivity contribution in [2.75, 3.05) is 13.2 Å². The molecule has 4 nitrogen and oxygen atoms in total. The maximum Gasteiger partial charge on any atom is 0.226 e. The van der Waals surface area contributed by atoms with Crippen molar-refractivity contribution in [3.05, 3.63) is 0 Å². The summed E-state index contributed by atoms with van der Waals surface area (Å²) in [5.41, 5.74) is 0. The van der Waals surface area contributed by atoms with Crippen LogP contribution in [0.3, 0.4) is 0 Å². The number of hydrogen-bond acceptors (Lipinski definition) is 4. The summed E-state index contributed by atoms with van der Waals surface area (Å²) in [6, 6.07) is 0. The van der Waals surface area contributed by atoms with E-state index in [1.165, 1.54) is 0 Å². The molecule has 4 heteroatoms. The summed E-state index contributed by atoms with van der Waals surface area (Å²) in [7, 11) is 0. The van der Waals surface area contributed by atoms with Crippen LogP contribution < -0.4 is 0 Å². The lowest BCUT2D eigenvalue weighted by atomic mass is 10.3. The van der Waals surface area contributed by atoms with Gasteiger partial charge in [0.25, 0.3) is 0 Å². The summed E-state index contributed by atoms with van der Waals surface area (Å²) in [6.45, 7) is -3.00. The van der Waals surface area contributed by atoms with Crippen molar-refractivity contribution in [2.24, 2.45) is 0 Å². The molecule has 8 heavy (non-hydrogen) atoms. The van der Waals surface area contributed by atoms with Gasteiger partial charge in [-0.15, -0.1) is 0 Å². The number of carbonyl (C=O) groups excluding carboxylic acids is 2. The lowest BCUT2D eigenvalue weighted by Crippen LogP contribution is -2.20. The Balaban J connectivity index is 3.89. The Morgan fingerprint density at radius 2 is 1.88 bits per heavy atom. The van der Waals surface area contributed by atoms with Crippen LogP contribution in [0.1, 0.15) is 1.37 Å². The van der Waals surface area contributed by atoms with E-state index in [1.807, 2.05) is 0 Å². The molecule has 0 aliphatic heterocycles. The molecule has 0 saturated heterocycles. The Kier molecular flexibility index (Phi) is 2.22. The van der Waals surface area contributed by atoms with Gasteiger partial charge in [0.1, 0.15) is 13.2 Å². The van der Waals surface area contributed by atoms with Gasteiger partial charge >= 0.3 is 0 Å². The zero-order valence-corrected chi connectivity index (χ0v) is 4.00. The van der Waals surface area contributed by atoms with Crippen LogP contribution in [0.4, 0.5) is 0 Å².